The lowest BCUT2D eigenvalue weighted by Crippen LogP contribution is -2.45. The molecule has 2 rings (SSSR count). The molecule has 1 fully saturated rings. The topological polar surface area (TPSA) is 55.8 Å². The van der Waals surface area contributed by atoms with E-state index in [2.05, 4.69) is 0 Å². The number of halogens is 1. The predicted molar refractivity (Wildman–Crippen MR) is 74.8 cm³/mol. The standard InChI is InChI=1S/C14H16ClNO4/c1-8(2)12-11(13(17)19-3)16(14(18)20-12)10-7-5-4-6-9(10)15/h4-8,11-12H,1-3H3. The van der Waals surface area contributed by atoms with Crippen molar-refractivity contribution < 1.29 is 19.1 Å². The quantitative estimate of drug-likeness (QED) is 0.805. The lowest BCUT2D eigenvalue weighted by molar-refractivity contribution is -0.143. The van der Waals surface area contributed by atoms with Crippen LogP contribution < -0.4 is 4.90 Å². The Balaban J connectivity index is 2.46. The van der Waals surface area contributed by atoms with Gasteiger partial charge in [0.2, 0.25) is 0 Å². The Morgan fingerprint density at radius 2 is 2.05 bits per heavy atom. The van der Waals surface area contributed by atoms with Crippen LogP contribution in [0, 0.1) is 5.92 Å². The van der Waals surface area contributed by atoms with Crippen LogP contribution in [0.3, 0.4) is 0 Å². The van der Waals surface area contributed by atoms with Gasteiger partial charge in [-0.15, -0.1) is 0 Å². The molecule has 0 spiro atoms. The smallest absolute Gasteiger partial charge is 0.415 e. The number of para-hydroxylation sites is 1. The first-order valence-corrected chi connectivity index (χ1v) is 6.67. The van der Waals surface area contributed by atoms with Crippen LogP contribution in [-0.2, 0) is 14.3 Å². The molecule has 1 saturated heterocycles. The van der Waals surface area contributed by atoms with Gasteiger partial charge in [0, 0.05) is 0 Å². The van der Waals surface area contributed by atoms with E-state index in [9.17, 15) is 9.59 Å². The number of hydrogen-bond acceptors (Lipinski definition) is 4. The fourth-order valence-corrected chi connectivity index (χ4v) is 2.48. The number of carbonyl (C=O) groups is 2. The van der Waals surface area contributed by atoms with E-state index in [1.54, 1.807) is 24.3 Å². The summed E-state index contributed by atoms with van der Waals surface area (Å²) in [6.07, 6.45) is -1.15. The minimum absolute atomic E-state index is 0.0180. The van der Waals surface area contributed by atoms with Gasteiger partial charge in [-0.2, -0.15) is 0 Å². The summed E-state index contributed by atoms with van der Waals surface area (Å²) in [6.45, 7) is 3.76. The van der Waals surface area contributed by atoms with E-state index < -0.39 is 24.2 Å². The third-order valence-electron chi connectivity index (χ3n) is 3.23. The van der Waals surface area contributed by atoms with Crippen molar-refractivity contribution in [1.82, 2.24) is 0 Å². The molecule has 0 bridgehead atoms. The number of methoxy groups -OCH3 is 1. The van der Waals surface area contributed by atoms with Gasteiger partial charge in [0.15, 0.2) is 6.04 Å². The second-order valence-electron chi connectivity index (χ2n) is 4.88. The van der Waals surface area contributed by atoms with Crippen LogP contribution in [0.1, 0.15) is 13.8 Å². The Morgan fingerprint density at radius 3 is 2.60 bits per heavy atom. The highest BCUT2D eigenvalue weighted by molar-refractivity contribution is 6.34. The summed E-state index contributed by atoms with van der Waals surface area (Å²) < 4.78 is 10.1. The number of benzene rings is 1. The van der Waals surface area contributed by atoms with Crippen LogP contribution in [0.15, 0.2) is 24.3 Å². The highest BCUT2D eigenvalue weighted by Gasteiger charge is 2.49. The van der Waals surface area contributed by atoms with Crippen molar-refractivity contribution in [3.05, 3.63) is 29.3 Å². The Kier molecular flexibility index (Phi) is 4.18. The van der Waals surface area contributed by atoms with Gasteiger partial charge in [-0.1, -0.05) is 37.6 Å². The number of amides is 1. The van der Waals surface area contributed by atoms with Crippen molar-refractivity contribution in [2.24, 2.45) is 5.92 Å². The number of hydrogen-bond donors (Lipinski definition) is 0. The summed E-state index contributed by atoms with van der Waals surface area (Å²) in [6, 6.07) is 5.99. The van der Waals surface area contributed by atoms with Gasteiger partial charge in [0.05, 0.1) is 17.8 Å². The minimum atomic E-state index is -0.826. The van der Waals surface area contributed by atoms with Gasteiger partial charge < -0.3 is 9.47 Å². The average Bonchev–Trinajstić information content (AvgIpc) is 2.76. The molecule has 0 aliphatic carbocycles. The van der Waals surface area contributed by atoms with Gasteiger partial charge >= 0.3 is 12.1 Å². The summed E-state index contributed by atoms with van der Waals surface area (Å²) in [5.74, 6) is -0.537. The zero-order valence-corrected chi connectivity index (χ0v) is 12.3. The molecule has 6 heteroatoms. The molecule has 1 aromatic rings. The maximum Gasteiger partial charge on any atom is 0.415 e. The maximum atomic E-state index is 12.1. The third kappa shape index (κ3) is 2.45. The summed E-state index contributed by atoms with van der Waals surface area (Å²) in [4.78, 5) is 25.4. The number of carbonyl (C=O) groups excluding carboxylic acids is 2. The van der Waals surface area contributed by atoms with Crippen molar-refractivity contribution in [3.8, 4) is 0 Å². The first-order valence-electron chi connectivity index (χ1n) is 6.29. The molecule has 1 aliphatic rings. The number of esters is 1. The molecule has 20 heavy (non-hydrogen) atoms. The zero-order chi connectivity index (χ0) is 14.9. The molecule has 2 unspecified atom stereocenters. The van der Waals surface area contributed by atoms with E-state index in [1.165, 1.54) is 12.0 Å². The summed E-state index contributed by atoms with van der Waals surface area (Å²) >= 11 is 6.11. The largest absolute Gasteiger partial charge is 0.467 e. The first kappa shape index (κ1) is 14.7. The average molecular weight is 298 g/mol. The number of nitrogens with zero attached hydrogens (tertiary/aromatic N) is 1. The van der Waals surface area contributed by atoms with Gasteiger partial charge in [-0.05, 0) is 18.1 Å². The number of rotatable bonds is 3. The molecule has 1 aromatic carbocycles. The number of ether oxygens (including phenoxy) is 2. The third-order valence-corrected chi connectivity index (χ3v) is 3.55. The van der Waals surface area contributed by atoms with E-state index in [0.29, 0.717) is 10.7 Å². The normalized spacial score (nSPS) is 22.1. The first-order chi connectivity index (χ1) is 9.47. The molecule has 0 aromatic heterocycles. The molecule has 1 amide bonds. The second-order valence-corrected chi connectivity index (χ2v) is 5.29. The van der Waals surface area contributed by atoms with Crippen molar-refractivity contribution in [2.75, 3.05) is 12.0 Å². The van der Waals surface area contributed by atoms with Crippen molar-refractivity contribution in [1.29, 1.82) is 0 Å². The Morgan fingerprint density at radius 1 is 1.40 bits per heavy atom. The number of anilines is 1. The number of cyclic esters (lactones) is 1. The lowest BCUT2D eigenvalue weighted by Gasteiger charge is -2.24. The van der Waals surface area contributed by atoms with Crippen molar-refractivity contribution in [2.45, 2.75) is 26.0 Å². The van der Waals surface area contributed by atoms with Gasteiger partial charge in [-0.3, -0.25) is 4.90 Å². The molecule has 108 valence electrons. The maximum absolute atomic E-state index is 12.1. The molecular formula is C14H16ClNO4. The van der Waals surface area contributed by atoms with Gasteiger partial charge in [0.1, 0.15) is 6.10 Å². The van der Waals surface area contributed by atoms with Crippen LogP contribution in [0.5, 0.6) is 0 Å². The SMILES string of the molecule is COC(=O)C1C(C(C)C)OC(=O)N1c1ccccc1Cl. The van der Waals surface area contributed by atoms with Crippen LogP contribution in [-0.4, -0.2) is 31.3 Å². The zero-order valence-electron chi connectivity index (χ0n) is 11.5. The molecule has 0 saturated carbocycles. The van der Waals surface area contributed by atoms with E-state index >= 15 is 0 Å². The Labute approximate surface area is 122 Å². The molecule has 2 atom stereocenters. The summed E-state index contributed by atoms with van der Waals surface area (Å²) in [5, 5.41) is 0.378. The molecule has 0 radical (unpaired) electrons. The van der Waals surface area contributed by atoms with Gasteiger partial charge in [-0.25, -0.2) is 9.59 Å². The highest BCUT2D eigenvalue weighted by Crippen LogP contribution is 2.35. The molecule has 0 N–H and O–H groups in total. The summed E-state index contributed by atoms with van der Waals surface area (Å²) in [7, 11) is 1.29. The second kappa shape index (κ2) is 5.71. The highest BCUT2D eigenvalue weighted by atomic mass is 35.5. The predicted octanol–water partition coefficient (Wildman–Crippen LogP) is 2.86. The monoisotopic (exact) mass is 297 g/mol. The van der Waals surface area contributed by atoms with Crippen LogP contribution in [0.2, 0.25) is 5.02 Å². The van der Waals surface area contributed by atoms with E-state index in [4.69, 9.17) is 21.1 Å². The van der Waals surface area contributed by atoms with Crippen molar-refractivity contribution >= 4 is 29.4 Å². The lowest BCUT2D eigenvalue weighted by atomic mass is 9.99. The molecule has 1 heterocycles. The van der Waals surface area contributed by atoms with E-state index in [-0.39, 0.29) is 5.92 Å². The molecule has 1 aliphatic heterocycles. The van der Waals surface area contributed by atoms with Gasteiger partial charge in [0.25, 0.3) is 0 Å². The van der Waals surface area contributed by atoms with Crippen LogP contribution >= 0.6 is 11.6 Å². The molecular weight excluding hydrogens is 282 g/mol. The summed E-state index contributed by atoms with van der Waals surface area (Å²) in [5.41, 5.74) is 0.442. The van der Waals surface area contributed by atoms with Crippen LogP contribution in [0.25, 0.3) is 0 Å². The van der Waals surface area contributed by atoms with E-state index in [0.717, 1.165) is 0 Å². The molecule has 5 nitrogen and oxygen atoms in total. The Bertz CT molecular complexity index is 532. The fourth-order valence-electron chi connectivity index (χ4n) is 2.25. The Hall–Kier alpha value is -1.75. The fraction of sp³-hybridized carbons (Fsp3) is 0.429. The van der Waals surface area contributed by atoms with E-state index in [1.807, 2.05) is 13.8 Å². The van der Waals surface area contributed by atoms with Crippen molar-refractivity contribution in [3.63, 3.8) is 0 Å². The van der Waals surface area contributed by atoms with Crippen LogP contribution in [0.4, 0.5) is 10.5 Å². The minimum Gasteiger partial charge on any atom is -0.467 e.